The Bertz CT molecular complexity index is 777. The van der Waals surface area contributed by atoms with Crippen LogP contribution in [0.5, 0.6) is 5.75 Å². The van der Waals surface area contributed by atoms with Crippen molar-refractivity contribution in [3.63, 3.8) is 0 Å². The van der Waals surface area contributed by atoms with Crippen LogP contribution in [0.25, 0.3) is 10.9 Å². The van der Waals surface area contributed by atoms with Crippen LogP contribution in [0.3, 0.4) is 0 Å². The highest BCUT2D eigenvalue weighted by molar-refractivity contribution is 5.94. The molecule has 4 nitrogen and oxygen atoms in total. The molecule has 4 heteroatoms. The zero-order valence-corrected chi connectivity index (χ0v) is 11.7. The van der Waals surface area contributed by atoms with Crippen LogP contribution in [0.4, 0.5) is 5.69 Å². The average molecular weight is 280 g/mol. The number of hydrogen-bond donors (Lipinski definition) is 2. The number of rotatable bonds is 4. The van der Waals surface area contributed by atoms with Crippen molar-refractivity contribution in [2.45, 2.75) is 6.42 Å². The standard InChI is InChI=1S/C17H16N2O2/c1-21-15-4-2-3-12(9-15)10-17(20)19-14-6-5-13-7-8-18-16(13)11-14/h2-9,11,18H,10H2,1H3,(H,19,20). The molecule has 106 valence electrons. The smallest absolute Gasteiger partial charge is 0.228 e. The van der Waals surface area contributed by atoms with Gasteiger partial charge in [0.1, 0.15) is 5.75 Å². The fraction of sp³-hybridized carbons (Fsp3) is 0.118. The number of benzene rings is 2. The van der Waals surface area contributed by atoms with E-state index in [0.717, 1.165) is 27.9 Å². The summed E-state index contributed by atoms with van der Waals surface area (Å²) in [4.78, 5) is 15.2. The van der Waals surface area contributed by atoms with E-state index in [1.165, 1.54) is 0 Å². The maximum absolute atomic E-state index is 12.1. The highest BCUT2D eigenvalue weighted by Gasteiger charge is 2.06. The van der Waals surface area contributed by atoms with Gasteiger partial charge in [-0.3, -0.25) is 4.79 Å². The van der Waals surface area contributed by atoms with Crippen LogP contribution < -0.4 is 10.1 Å². The Morgan fingerprint density at radius 2 is 2.10 bits per heavy atom. The Balaban J connectivity index is 1.70. The van der Waals surface area contributed by atoms with E-state index in [1.54, 1.807) is 7.11 Å². The number of ether oxygens (including phenoxy) is 1. The molecule has 1 aromatic heterocycles. The van der Waals surface area contributed by atoms with Crippen molar-refractivity contribution >= 4 is 22.5 Å². The van der Waals surface area contributed by atoms with Crippen molar-refractivity contribution in [3.05, 3.63) is 60.3 Å². The molecule has 0 aliphatic heterocycles. The van der Waals surface area contributed by atoms with Crippen molar-refractivity contribution < 1.29 is 9.53 Å². The topological polar surface area (TPSA) is 54.1 Å². The molecule has 3 rings (SSSR count). The number of carbonyl (C=O) groups is 1. The first-order valence-electron chi connectivity index (χ1n) is 6.74. The van der Waals surface area contributed by atoms with Gasteiger partial charge in [-0.1, -0.05) is 18.2 Å². The second-order valence-electron chi connectivity index (χ2n) is 4.86. The summed E-state index contributed by atoms with van der Waals surface area (Å²) in [6.45, 7) is 0. The summed E-state index contributed by atoms with van der Waals surface area (Å²) < 4.78 is 5.16. The number of aromatic amines is 1. The Morgan fingerprint density at radius 1 is 1.19 bits per heavy atom. The van der Waals surface area contributed by atoms with Crippen LogP contribution in [0.2, 0.25) is 0 Å². The number of aromatic nitrogens is 1. The summed E-state index contributed by atoms with van der Waals surface area (Å²) >= 11 is 0. The molecule has 2 N–H and O–H groups in total. The van der Waals surface area contributed by atoms with Gasteiger partial charge >= 0.3 is 0 Å². The van der Waals surface area contributed by atoms with Gasteiger partial charge < -0.3 is 15.0 Å². The Kier molecular flexibility index (Phi) is 3.60. The molecular formula is C17H16N2O2. The molecule has 0 spiro atoms. The van der Waals surface area contributed by atoms with Crippen molar-refractivity contribution in [1.82, 2.24) is 4.98 Å². The third-order valence-corrected chi connectivity index (χ3v) is 3.34. The van der Waals surface area contributed by atoms with Crippen LogP contribution in [-0.4, -0.2) is 18.0 Å². The molecule has 0 bridgehead atoms. The quantitative estimate of drug-likeness (QED) is 0.770. The van der Waals surface area contributed by atoms with Crippen LogP contribution in [-0.2, 0) is 11.2 Å². The van der Waals surface area contributed by atoms with E-state index in [0.29, 0.717) is 6.42 Å². The molecule has 0 aliphatic rings. The molecule has 0 unspecified atom stereocenters. The van der Waals surface area contributed by atoms with E-state index in [1.807, 2.05) is 54.7 Å². The maximum atomic E-state index is 12.1. The number of H-pyrrole nitrogens is 1. The predicted molar refractivity (Wildman–Crippen MR) is 83.6 cm³/mol. The molecule has 21 heavy (non-hydrogen) atoms. The molecule has 0 saturated heterocycles. The van der Waals surface area contributed by atoms with Crippen LogP contribution in [0.15, 0.2) is 54.7 Å². The van der Waals surface area contributed by atoms with Crippen molar-refractivity contribution in [2.24, 2.45) is 0 Å². The lowest BCUT2D eigenvalue weighted by Gasteiger charge is -2.07. The van der Waals surface area contributed by atoms with Crippen molar-refractivity contribution in [2.75, 3.05) is 12.4 Å². The summed E-state index contributed by atoms with van der Waals surface area (Å²) in [7, 11) is 1.62. The number of methoxy groups -OCH3 is 1. The Morgan fingerprint density at radius 3 is 2.95 bits per heavy atom. The zero-order chi connectivity index (χ0) is 14.7. The zero-order valence-electron chi connectivity index (χ0n) is 11.7. The molecule has 0 atom stereocenters. The van der Waals surface area contributed by atoms with Crippen molar-refractivity contribution in [3.8, 4) is 5.75 Å². The van der Waals surface area contributed by atoms with Gasteiger partial charge in [-0.15, -0.1) is 0 Å². The monoisotopic (exact) mass is 280 g/mol. The first-order valence-corrected chi connectivity index (χ1v) is 6.74. The maximum Gasteiger partial charge on any atom is 0.228 e. The van der Waals surface area contributed by atoms with Gasteiger partial charge in [-0.2, -0.15) is 0 Å². The molecule has 1 amide bonds. The largest absolute Gasteiger partial charge is 0.497 e. The van der Waals surface area contributed by atoms with E-state index in [4.69, 9.17) is 4.74 Å². The lowest BCUT2D eigenvalue weighted by atomic mass is 10.1. The number of amides is 1. The van der Waals surface area contributed by atoms with E-state index in [-0.39, 0.29) is 5.91 Å². The number of nitrogens with one attached hydrogen (secondary N) is 2. The molecular weight excluding hydrogens is 264 g/mol. The highest BCUT2D eigenvalue weighted by atomic mass is 16.5. The summed E-state index contributed by atoms with van der Waals surface area (Å²) in [5, 5.41) is 4.04. The van der Waals surface area contributed by atoms with E-state index in [2.05, 4.69) is 10.3 Å². The van der Waals surface area contributed by atoms with Gasteiger partial charge in [0.2, 0.25) is 5.91 Å². The van der Waals surface area contributed by atoms with E-state index < -0.39 is 0 Å². The highest BCUT2D eigenvalue weighted by Crippen LogP contribution is 2.18. The Hall–Kier alpha value is -2.75. The molecule has 2 aromatic carbocycles. The van der Waals surface area contributed by atoms with Gasteiger partial charge in [0.15, 0.2) is 0 Å². The molecule has 1 heterocycles. The summed E-state index contributed by atoms with van der Waals surface area (Å²) in [6.07, 6.45) is 2.20. The second-order valence-corrected chi connectivity index (χ2v) is 4.86. The minimum atomic E-state index is -0.0471. The molecule has 0 aliphatic carbocycles. The van der Waals surface area contributed by atoms with E-state index in [9.17, 15) is 4.79 Å². The summed E-state index contributed by atoms with van der Waals surface area (Å²) in [5.41, 5.74) is 2.72. The minimum Gasteiger partial charge on any atom is -0.497 e. The third-order valence-electron chi connectivity index (χ3n) is 3.34. The Labute approximate surface area is 122 Å². The van der Waals surface area contributed by atoms with Gasteiger partial charge in [0.25, 0.3) is 0 Å². The molecule has 0 saturated carbocycles. The van der Waals surface area contributed by atoms with Crippen molar-refractivity contribution in [1.29, 1.82) is 0 Å². The average Bonchev–Trinajstić information content (AvgIpc) is 2.95. The molecule has 3 aromatic rings. The fourth-order valence-electron chi connectivity index (χ4n) is 2.30. The van der Waals surface area contributed by atoms with E-state index >= 15 is 0 Å². The summed E-state index contributed by atoms with van der Waals surface area (Å²) in [6, 6.07) is 15.3. The second kappa shape index (κ2) is 5.71. The first-order chi connectivity index (χ1) is 10.2. The lowest BCUT2D eigenvalue weighted by molar-refractivity contribution is -0.115. The molecule has 0 radical (unpaired) electrons. The number of fused-ring (bicyclic) bond motifs is 1. The van der Waals surface area contributed by atoms with Gasteiger partial charge in [0, 0.05) is 17.4 Å². The van der Waals surface area contributed by atoms with Gasteiger partial charge in [-0.25, -0.2) is 0 Å². The fourth-order valence-corrected chi connectivity index (χ4v) is 2.30. The molecule has 0 fully saturated rings. The number of hydrogen-bond acceptors (Lipinski definition) is 2. The van der Waals surface area contributed by atoms with Gasteiger partial charge in [-0.05, 0) is 41.3 Å². The SMILES string of the molecule is COc1cccc(CC(=O)Nc2ccc3cc[nH]c3c2)c1. The first kappa shape index (κ1) is 13.2. The van der Waals surface area contributed by atoms with Crippen LogP contribution in [0, 0.1) is 0 Å². The van der Waals surface area contributed by atoms with Gasteiger partial charge in [0.05, 0.1) is 13.5 Å². The predicted octanol–water partition coefficient (Wildman–Crippen LogP) is 3.36. The number of carbonyl (C=O) groups excluding carboxylic acids is 1. The third kappa shape index (κ3) is 3.05. The van der Waals surface area contributed by atoms with Crippen LogP contribution in [0.1, 0.15) is 5.56 Å². The summed E-state index contributed by atoms with van der Waals surface area (Å²) in [5.74, 6) is 0.710. The normalized spacial score (nSPS) is 10.5. The van der Waals surface area contributed by atoms with Crippen LogP contribution >= 0.6 is 0 Å². The lowest BCUT2D eigenvalue weighted by Crippen LogP contribution is -2.14. The minimum absolute atomic E-state index is 0.0471. The number of anilines is 1.